The zero-order valence-corrected chi connectivity index (χ0v) is 18.2. The number of methoxy groups -OCH3 is 2. The first-order chi connectivity index (χ1) is 13.8. The number of fused-ring (bicyclic) bond motifs is 1. The second-order valence-electron chi connectivity index (χ2n) is 8.97. The smallest absolute Gasteiger partial charge is 0.161 e. The Morgan fingerprint density at radius 2 is 1.97 bits per heavy atom. The van der Waals surface area contributed by atoms with Crippen LogP contribution in [0, 0.1) is 5.41 Å². The molecule has 0 unspecified atom stereocenters. The molecular weight excluding hydrogens is 370 g/mol. The fourth-order valence-corrected chi connectivity index (χ4v) is 4.70. The Balaban J connectivity index is 2.00. The van der Waals surface area contributed by atoms with Gasteiger partial charge in [-0.05, 0) is 44.1 Å². The lowest BCUT2D eigenvalue weighted by atomic mass is 9.65. The first kappa shape index (κ1) is 21.7. The largest absolute Gasteiger partial charge is 0.497 e. The van der Waals surface area contributed by atoms with E-state index < -0.39 is 0 Å². The molecule has 0 radical (unpaired) electrons. The summed E-state index contributed by atoms with van der Waals surface area (Å²) in [5.74, 6) is 2.17. The zero-order valence-electron chi connectivity index (χ0n) is 18.2. The average Bonchev–Trinajstić information content (AvgIpc) is 3.09. The number of aliphatic hydroxyl groups is 1. The maximum absolute atomic E-state index is 12.2. The summed E-state index contributed by atoms with van der Waals surface area (Å²) in [5.41, 5.74) is 1.38. The van der Waals surface area contributed by atoms with Crippen LogP contribution in [-0.2, 0) is 14.9 Å². The molecule has 1 heterocycles. The number of carbonyl (C=O) groups is 1. The average molecular weight is 404 g/mol. The number of carbonyl (C=O) groups excluding carboxylic acids is 1. The summed E-state index contributed by atoms with van der Waals surface area (Å²) in [7, 11) is 5.34. The summed E-state index contributed by atoms with van der Waals surface area (Å²) in [6.07, 6.45) is 3.52. The molecule has 6 nitrogen and oxygen atoms in total. The number of likely N-dealkylation sites (tertiary alicyclic amines) is 1. The third kappa shape index (κ3) is 3.88. The number of aliphatic hydroxyl groups excluding tert-OH is 1. The predicted octanol–water partition coefficient (Wildman–Crippen LogP) is 2.93. The van der Waals surface area contributed by atoms with E-state index in [2.05, 4.69) is 18.0 Å². The fourth-order valence-electron chi connectivity index (χ4n) is 4.70. The van der Waals surface area contributed by atoms with Crippen LogP contribution in [0.3, 0.4) is 0 Å². The van der Waals surface area contributed by atoms with Crippen molar-refractivity contribution in [3.63, 3.8) is 0 Å². The number of ether oxygens (including phenoxy) is 3. The molecule has 1 saturated heterocycles. The molecule has 160 valence electrons. The lowest BCUT2D eigenvalue weighted by Gasteiger charge is -2.42. The molecule has 1 fully saturated rings. The van der Waals surface area contributed by atoms with Crippen molar-refractivity contribution in [2.24, 2.45) is 5.41 Å². The molecule has 0 amide bonds. The quantitative estimate of drug-likeness (QED) is 0.673. The van der Waals surface area contributed by atoms with Crippen LogP contribution < -0.4 is 9.47 Å². The summed E-state index contributed by atoms with van der Waals surface area (Å²) < 4.78 is 17.0. The van der Waals surface area contributed by atoms with E-state index in [-0.39, 0.29) is 23.5 Å². The third-order valence-electron chi connectivity index (χ3n) is 6.44. The van der Waals surface area contributed by atoms with Crippen LogP contribution in [0.2, 0.25) is 0 Å². The van der Waals surface area contributed by atoms with Crippen LogP contribution >= 0.6 is 0 Å². The molecule has 2 aliphatic rings. The van der Waals surface area contributed by atoms with E-state index in [0.29, 0.717) is 24.5 Å². The van der Waals surface area contributed by atoms with Crippen molar-refractivity contribution in [1.82, 2.24) is 4.90 Å². The number of allylic oxidation sites excluding steroid dienone is 1. The molecule has 1 N–H and O–H groups in total. The van der Waals surface area contributed by atoms with Crippen LogP contribution in [0.25, 0.3) is 0 Å². The van der Waals surface area contributed by atoms with Crippen molar-refractivity contribution >= 4 is 6.29 Å². The van der Waals surface area contributed by atoms with E-state index in [9.17, 15) is 9.90 Å². The molecule has 3 rings (SSSR count). The van der Waals surface area contributed by atoms with Gasteiger partial charge in [0.15, 0.2) is 17.8 Å². The Bertz CT molecular complexity index is 787. The van der Waals surface area contributed by atoms with Gasteiger partial charge in [-0.3, -0.25) is 9.69 Å². The topological polar surface area (TPSA) is 68.2 Å². The van der Waals surface area contributed by atoms with Crippen LogP contribution in [-0.4, -0.2) is 63.4 Å². The Labute approximate surface area is 173 Å². The van der Waals surface area contributed by atoms with E-state index in [1.807, 2.05) is 26.0 Å². The molecule has 1 aromatic carbocycles. The van der Waals surface area contributed by atoms with Crippen LogP contribution in [0.1, 0.15) is 38.7 Å². The van der Waals surface area contributed by atoms with Crippen molar-refractivity contribution < 1.29 is 24.1 Å². The first-order valence-electron chi connectivity index (χ1n) is 10.2. The van der Waals surface area contributed by atoms with Crippen LogP contribution in [0.15, 0.2) is 29.5 Å². The summed E-state index contributed by atoms with van der Waals surface area (Å²) in [5, 5.41) is 9.52. The van der Waals surface area contributed by atoms with Gasteiger partial charge in [-0.15, -0.1) is 0 Å². The van der Waals surface area contributed by atoms with Crippen LogP contribution in [0.4, 0.5) is 0 Å². The Morgan fingerprint density at radius 1 is 1.24 bits per heavy atom. The first-order valence-corrected chi connectivity index (χ1v) is 10.2. The van der Waals surface area contributed by atoms with Gasteiger partial charge in [0.25, 0.3) is 0 Å². The van der Waals surface area contributed by atoms with Gasteiger partial charge in [0.05, 0.1) is 33.5 Å². The van der Waals surface area contributed by atoms with Gasteiger partial charge < -0.3 is 19.3 Å². The molecule has 29 heavy (non-hydrogen) atoms. The minimum Gasteiger partial charge on any atom is -0.497 e. The second kappa shape index (κ2) is 8.36. The number of benzene rings is 1. The van der Waals surface area contributed by atoms with E-state index in [1.165, 1.54) is 5.56 Å². The molecular formula is C23H33NO5. The van der Waals surface area contributed by atoms with E-state index in [1.54, 1.807) is 14.2 Å². The van der Waals surface area contributed by atoms with E-state index in [4.69, 9.17) is 14.2 Å². The zero-order chi connectivity index (χ0) is 21.2. The van der Waals surface area contributed by atoms with Gasteiger partial charge in [-0.25, -0.2) is 0 Å². The standard InChI is InChI=1S/C23H33NO5/c1-22(2,14-26)15-29-18-8-9-23(10-11-24(3)21(23)17(18)13-25)16-6-7-19(27-4)20(12-16)28-5/h6-7,12-13,21,26H,8-11,14-15H2,1-5H3/t21-,23-/m0/s1. The highest BCUT2D eigenvalue weighted by atomic mass is 16.5. The summed E-state index contributed by atoms with van der Waals surface area (Å²) in [4.78, 5) is 14.4. The van der Waals surface area contributed by atoms with Gasteiger partial charge >= 0.3 is 0 Å². The highest BCUT2D eigenvalue weighted by Gasteiger charge is 2.52. The molecule has 6 heteroatoms. The van der Waals surface area contributed by atoms with Crippen molar-refractivity contribution in [2.75, 3.05) is 41.0 Å². The van der Waals surface area contributed by atoms with Crippen molar-refractivity contribution in [3.8, 4) is 11.5 Å². The van der Waals surface area contributed by atoms with Crippen LogP contribution in [0.5, 0.6) is 11.5 Å². The van der Waals surface area contributed by atoms with Gasteiger partial charge in [0, 0.05) is 22.8 Å². The summed E-state index contributed by atoms with van der Waals surface area (Å²) >= 11 is 0. The Kier molecular flexibility index (Phi) is 6.24. The van der Waals surface area contributed by atoms with E-state index in [0.717, 1.165) is 37.0 Å². The molecule has 0 saturated carbocycles. The molecule has 0 aromatic heterocycles. The fraction of sp³-hybridized carbons (Fsp3) is 0.609. The highest BCUT2D eigenvalue weighted by Crippen LogP contribution is 2.51. The SMILES string of the molecule is COc1ccc([C@@]23CCC(OCC(C)(C)CO)=C(C=O)[C@@H]2N(C)CC3)cc1OC. The van der Waals surface area contributed by atoms with Gasteiger partial charge in [-0.2, -0.15) is 0 Å². The van der Waals surface area contributed by atoms with Gasteiger partial charge in [0.1, 0.15) is 5.76 Å². The third-order valence-corrected chi connectivity index (χ3v) is 6.44. The van der Waals surface area contributed by atoms with Crippen molar-refractivity contribution in [3.05, 3.63) is 35.1 Å². The summed E-state index contributed by atoms with van der Waals surface area (Å²) in [6.45, 7) is 5.23. The normalized spacial score (nSPS) is 25.0. The lowest BCUT2D eigenvalue weighted by Crippen LogP contribution is -2.46. The highest BCUT2D eigenvalue weighted by molar-refractivity contribution is 5.78. The monoisotopic (exact) mass is 403 g/mol. The van der Waals surface area contributed by atoms with Crippen molar-refractivity contribution in [1.29, 1.82) is 0 Å². The Morgan fingerprint density at radius 3 is 2.59 bits per heavy atom. The minimum atomic E-state index is -0.347. The molecule has 2 atom stereocenters. The number of aldehydes is 1. The predicted molar refractivity (Wildman–Crippen MR) is 111 cm³/mol. The lowest BCUT2D eigenvalue weighted by molar-refractivity contribution is -0.106. The number of rotatable bonds is 8. The number of likely N-dealkylation sites (N-methyl/N-ethyl adjacent to an activating group) is 1. The number of hydrogen-bond donors (Lipinski definition) is 1. The van der Waals surface area contributed by atoms with E-state index >= 15 is 0 Å². The Hall–Kier alpha value is -2.05. The second-order valence-corrected chi connectivity index (χ2v) is 8.97. The van der Waals surface area contributed by atoms with Crippen molar-refractivity contribution in [2.45, 2.75) is 44.6 Å². The summed E-state index contributed by atoms with van der Waals surface area (Å²) in [6, 6.07) is 6.04. The maximum atomic E-state index is 12.2. The van der Waals surface area contributed by atoms with Gasteiger partial charge in [0.2, 0.25) is 0 Å². The molecule has 0 bridgehead atoms. The van der Waals surface area contributed by atoms with Gasteiger partial charge in [-0.1, -0.05) is 19.9 Å². The number of hydrogen-bond acceptors (Lipinski definition) is 6. The number of nitrogens with zero attached hydrogens (tertiary/aromatic N) is 1. The molecule has 0 spiro atoms. The molecule has 1 aliphatic carbocycles. The molecule has 1 aliphatic heterocycles. The minimum absolute atomic E-state index is 0.0373. The molecule has 1 aromatic rings. The maximum Gasteiger partial charge on any atom is 0.161 e.